The zero-order valence-electron chi connectivity index (χ0n) is 21.4. The fourth-order valence-electron chi connectivity index (χ4n) is 6.50. The number of aryl methyl sites for hydroxylation is 1. The molecule has 40 heavy (non-hydrogen) atoms. The quantitative estimate of drug-likeness (QED) is 0.302. The highest BCUT2D eigenvalue weighted by molar-refractivity contribution is 6.23. The third-order valence-electron chi connectivity index (χ3n) is 8.04. The molecule has 0 unspecified atom stereocenters. The zero-order valence-corrected chi connectivity index (χ0v) is 21.4. The summed E-state index contributed by atoms with van der Waals surface area (Å²) >= 11 is 0. The predicted octanol–water partition coefficient (Wildman–Crippen LogP) is 4.18. The molecule has 1 N–H and O–H groups in total. The van der Waals surface area contributed by atoms with Crippen molar-refractivity contribution in [2.75, 3.05) is 16.8 Å². The van der Waals surface area contributed by atoms with Crippen molar-refractivity contribution in [3.8, 4) is 0 Å². The molecule has 9 heteroatoms. The van der Waals surface area contributed by atoms with E-state index in [9.17, 15) is 19.2 Å². The second-order valence-corrected chi connectivity index (χ2v) is 10.3. The normalized spacial score (nSPS) is 22.0. The standard InChI is InChI=1S/C31H23N3O6/c1-16-14-23(33-40-16)32-24(35)15-39-31(38)17-10-12-18(13-11-17)34-29(36)27-25-19-6-2-3-7-20(19)26(28(27)30(34)37)22-9-5-4-8-21(22)25/h2-14,25-28H,15H2,1H3,(H,32,33,35)/t25?,26?,27-,28-/m1/s1. The highest BCUT2D eigenvalue weighted by Gasteiger charge is 2.61. The van der Waals surface area contributed by atoms with Gasteiger partial charge in [0.25, 0.3) is 5.91 Å². The van der Waals surface area contributed by atoms with Gasteiger partial charge < -0.3 is 14.6 Å². The molecule has 0 radical (unpaired) electrons. The lowest BCUT2D eigenvalue weighted by molar-refractivity contribution is -0.122. The Morgan fingerprint density at radius 1 is 0.850 bits per heavy atom. The molecule has 1 saturated heterocycles. The number of hydrogen-bond donors (Lipinski definition) is 1. The van der Waals surface area contributed by atoms with E-state index in [0.717, 1.165) is 22.3 Å². The van der Waals surface area contributed by atoms with E-state index in [1.165, 1.54) is 17.0 Å². The summed E-state index contributed by atoms with van der Waals surface area (Å²) in [5, 5.41) is 6.13. The van der Waals surface area contributed by atoms with Gasteiger partial charge in [-0.05, 0) is 53.4 Å². The van der Waals surface area contributed by atoms with Crippen molar-refractivity contribution in [1.82, 2.24) is 5.16 Å². The van der Waals surface area contributed by atoms with E-state index in [-0.39, 0.29) is 35.0 Å². The van der Waals surface area contributed by atoms with Crippen LogP contribution in [0.5, 0.6) is 0 Å². The lowest BCUT2D eigenvalue weighted by atomic mass is 9.55. The van der Waals surface area contributed by atoms with E-state index in [1.807, 2.05) is 24.3 Å². The Hall–Kier alpha value is -5.05. The first-order valence-corrected chi connectivity index (χ1v) is 13.0. The molecule has 4 aromatic rings. The first-order valence-electron chi connectivity index (χ1n) is 13.0. The average molecular weight is 534 g/mol. The molecule has 2 heterocycles. The number of benzene rings is 3. The van der Waals surface area contributed by atoms with Gasteiger partial charge in [0.15, 0.2) is 12.4 Å². The summed E-state index contributed by atoms with van der Waals surface area (Å²) in [4.78, 5) is 53.6. The number of hydrogen-bond acceptors (Lipinski definition) is 7. The van der Waals surface area contributed by atoms with Crippen LogP contribution in [-0.4, -0.2) is 35.5 Å². The van der Waals surface area contributed by atoms with Crippen molar-refractivity contribution in [2.45, 2.75) is 18.8 Å². The maximum Gasteiger partial charge on any atom is 0.338 e. The third kappa shape index (κ3) is 3.58. The van der Waals surface area contributed by atoms with Gasteiger partial charge in [-0.2, -0.15) is 0 Å². The number of rotatable bonds is 5. The molecule has 1 fully saturated rings. The number of amides is 3. The minimum Gasteiger partial charge on any atom is -0.452 e. The molecular formula is C31H23N3O6. The number of carbonyl (C=O) groups excluding carboxylic acids is 4. The van der Waals surface area contributed by atoms with Crippen molar-refractivity contribution < 1.29 is 28.4 Å². The van der Waals surface area contributed by atoms with Crippen molar-refractivity contribution in [3.63, 3.8) is 0 Å². The van der Waals surface area contributed by atoms with Crippen LogP contribution < -0.4 is 10.2 Å². The van der Waals surface area contributed by atoms with Crippen LogP contribution in [0.3, 0.4) is 0 Å². The van der Waals surface area contributed by atoms with E-state index < -0.39 is 30.3 Å². The van der Waals surface area contributed by atoms with E-state index in [1.54, 1.807) is 25.1 Å². The summed E-state index contributed by atoms with van der Waals surface area (Å²) in [6, 6.07) is 23.8. The van der Waals surface area contributed by atoms with E-state index >= 15 is 0 Å². The summed E-state index contributed by atoms with van der Waals surface area (Å²) in [7, 11) is 0. The Balaban J connectivity index is 1.11. The lowest BCUT2D eigenvalue weighted by Gasteiger charge is -2.45. The summed E-state index contributed by atoms with van der Waals surface area (Å²) in [6.45, 7) is 1.18. The molecule has 1 aromatic heterocycles. The van der Waals surface area contributed by atoms with Crippen LogP contribution >= 0.6 is 0 Å². The van der Waals surface area contributed by atoms with Crippen molar-refractivity contribution in [3.05, 3.63) is 112 Å². The number of anilines is 2. The molecule has 4 aliphatic rings. The monoisotopic (exact) mass is 533 g/mol. The van der Waals surface area contributed by atoms with Crippen LogP contribution in [0.1, 0.15) is 50.2 Å². The predicted molar refractivity (Wildman–Crippen MR) is 143 cm³/mol. The molecule has 9 nitrogen and oxygen atoms in total. The van der Waals surface area contributed by atoms with E-state index in [0.29, 0.717) is 11.4 Å². The Morgan fingerprint density at radius 3 is 1.85 bits per heavy atom. The maximum atomic E-state index is 13.9. The molecule has 2 atom stereocenters. The van der Waals surface area contributed by atoms with Crippen molar-refractivity contribution in [1.29, 1.82) is 0 Å². The number of esters is 1. The SMILES string of the molecule is Cc1cc(NC(=O)COC(=O)c2ccc(N3C(=O)[C@@H]4C5c6ccccc6C(c6ccccc65)[C@H]4C3=O)cc2)no1. The Morgan fingerprint density at radius 2 is 1.38 bits per heavy atom. The molecule has 3 aromatic carbocycles. The van der Waals surface area contributed by atoms with Crippen LogP contribution in [0.15, 0.2) is 83.4 Å². The van der Waals surface area contributed by atoms with Gasteiger partial charge in [0.2, 0.25) is 11.8 Å². The molecule has 0 saturated carbocycles. The largest absolute Gasteiger partial charge is 0.452 e. The number of nitrogens with one attached hydrogen (secondary N) is 1. The van der Waals surface area contributed by atoms with Gasteiger partial charge in [0.1, 0.15) is 5.76 Å². The fourth-order valence-corrected chi connectivity index (χ4v) is 6.50. The van der Waals surface area contributed by atoms with Crippen LogP contribution in [0.25, 0.3) is 0 Å². The summed E-state index contributed by atoms with van der Waals surface area (Å²) < 4.78 is 9.99. The third-order valence-corrected chi connectivity index (χ3v) is 8.04. The number of imide groups is 1. The van der Waals surface area contributed by atoms with Crippen LogP contribution in [0.4, 0.5) is 11.5 Å². The smallest absolute Gasteiger partial charge is 0.338 e. The summed E-state index contributed by atoms with van der Waals surface area (Å²) in [6.07, 6.45) is 0. The molecule has 1 aliphatic heterocycles. The van der Waals surface area contributed by atoms with Gasteiger partial charge in [-0.3, -0.25) is 14.4 Å². The van der Waals surface area contributed by atoms with Gasteiger partial charge in [-0.15, -0.1) is 0 Å². The topological polar surface area (TPSA) is 119 Å². The Bertz CT molecular complexity index is 1590. The number of ether oxygens (including phenoxy) is 1. The fraction of sp³-hybridized carbons (Fsp3) is 0.194. The lowest BCUT2D eigenvalue weighted by Crippen LogP contribution is -2.41. The molecule has 8 rings (SSSR count). The van der Waals surface area contributed by atoms with Gasteiger partial charge in [0, 0.05) is 17.9 Å². The second-order valence-electron chi connectivity index (χ2n) is 10.3. The first-order chi connectivity index (χ1) is 19.4. The molecule has 198 valence electrons. The molecule has 3 aliphatic carbocycles. The van der Waals surface area contributed by atoms with Gasteiger partial charge in [-0.1, -0.05) is 53.7 Å². The first kappa shape index (κ1) is 24.0. The molecular weight excluding hydrogens is 510 g/mol. The maximum absolute atomic E-state index is 13.9. The number of aromatic nitrogens is 1. The van der Waals surface area contributed by atoms with Crippen molar-refractivity contribution >= 4 is 35.2 Å². The highest BCUT2D eigenvalue weighted by atomic mass is 16.5. The Kier molecular flexibility index (Phi) is 5.41. The average Bonchev–Trinajstić information content (AvgIpc) is 3.51. The number of nitrogens with zero attached hydrogens (tertiary/aromatic N) is 2. The minimum absolute atomic E-state index is 0.185. The second kappa shape index (κ2) is 9.01. The molecule has 3 amide bonds. The molecule has 2 bridgehead atoms. The van der Waals surface area contributed by atoms with Crippen LogP contribution in [0, 0.1) is 18.8 Å². The Labute approximate surface area is 228 Å². The number of carbonyl (C=O) groups is 4. The van der Waals surface area contributed by atoms with Crippen molar-refractivity contribution in [2.24, 2.45) is 11.8 Å². The van der Waals surface area contributed by atoms with Gasteiger partial charge >= 0.3 is 5.97 Å². The zero-order chi connectivity index (χ0) is 27.5. The minimum atomic E-state index is -0.713. The van der Waals surface area contributed by atoms with Gasteiger partial charge in [-0.25, -0.2) is 9.69 Å². The summed E-state index contributed by atoms with van der Waals surface area (Å²) in [5.74, 6) is -2.34. The van der Waals surface area contributed by atoms with Gasteiger partial charge in [0.05, 0.1) is 23.1 Å². The van der Waals surface area contributed by atoms with E-state index in [2.05, 4.69) is 34.7 Å². The highest BCUT2D eigenvalue weighted by Crippen LogP contribution is 2.61. The summed E-state index contributed by atoms with van der Waals surface area (Å²) in [5.41, 5.74) is 5.01. The molecule has 0 spiro atoms. The van der Waals surface area contributed by atoms with E-state index in [4.69, 9.17) is 9.26 Å². The van der Waals surface area contributed by atoms with Crippen LogP contribution in [0.2, 0.25) is 0 Å². The van der Waals surface area contributed by atoms with Crippen LogP contribution in [-0.2, 0) is 19.1 Å².